The molecular formula is C13H23N3O2S. The maximum atomic E-state index is 11.7. The summed E-state index contributed by atoms with van der Waals surface area (Å²) >= 11 is 0. The zero-order chi connectivity index (χ0) is 14.1. The van der Waals surface area contributed by atoms with Crippen LogP contribution in [0, 0.1) is 0 Å². The molecule has 1 aromatic rings. The van der Waals surface area contributed by atoms with Gasteiger partial charge in [0.25, 0.3) is 0 Å². The molecule has 0 aliphatic carbocycles. The lowest BCUT2D eigenvalue weighted by Gasteiger charge is -2.08. The third kappa shape index (κ3) is 7.92. The van der Waals surface area contributed by atoms with Crippen molar-refractivity contribution in [1.29, 1.82) is 0 Å². The number of nitrogens with zero attached hydrogens (tertiary/aromatic N) is 1. The fourth-order valence-corrected chi connectivity index (χ4v) is 2.66. The maximum absolute atomic E-state index is 11.7. The molecule has 0 saturated heterocycles. The normalized spacial score (nSPS) is 11.9. The fourth-order valence-electron chi connectivity index (χ4n) is 1.57. The number of nitrogens with one attached hydrogen (secondary N) is 2. The summed E-state index contributed by atoms with van der Waals surface area (Å²) in [6, 6.07) is 5.89. The van der Waals surface area contributed by atoms with Gasteiger partial charge in [0.05, 0.1) is 18.0 Å². The molecule has 1 rings (SSSR count). The van der Waals surface area contributed by atoms with Gasteiger partial charge in [0, 0.05) is 12.2 Å². The Hall–Kier alpha value is -0.980. The molecule has 0 fully saturated rings. The van der Waals surface area contributed by atoms with Gasteiger partial charge in [0.2, 0.25) is 10.0 Å². The van der Waals surface area contributed by atoms with Crippen LogP contribution in [0.4, 0.5) is 0 Å². The molecule has 0 aliphatic rings. The Labute approximate surface area is 115 Å². The highest BCUT2D eigenvalue weighted by molar-refractivity contribution is 7.89. The first kappa shape index (κ1) is 16.1. The molecule has 1 aromatic heterocycles. The van der Waals surface area contributed by atoms with Gasteiger partial charge in [-0.3, -0.25) is 4.98 Å². The Morgan fingerprint density at radius 3 is 2.68 bits per heavy atom. The van der Waals surface area contributed by atoms with Gasteiger partial charge < -0.3 is 5.32 Å². The molecule has 0 amide bonds. The van der Waals surface area contributed by atoms with E-state index in [1.807, 2.05) is 6.07 Å². The Morgan fingerprint density at radius 1 is 1.26 bits per heavy atom. The quantitative estimate of drug-likeness (QED) is 0.671. The van der Waals surface area contributed by atoms with Crippen molar-refractivity contribution in [3.63, 3.8) is 0 Å². The van der Waals surface area contributed by atoms with Crippen LogP contribution in [-0.4, -0.2) is 31.7 Å². The number of pyridine rings is 1. The lowest BCUT2D eigenvalue weighted by atomic mass is 10.3. The molecule has 0 unspecified atom stereocenters. The molecule has 19 heavy (non-hydrogen) atoms. The lowest BCUT2D eigenvalue weighted by molar-refractivity contribution is 0.555. The molecule has 5 nitrogen and oxygen atoms in total. The van der Waals surface area contributed by atoms with Gasteiger partial charge in [-0.05, 0) is 31.5 Å². The van der Waals surface area contributed by atoms with Crippen LogP contribution in [0.2, 0.25) is 0 Å². The minimum Gasteiger partial charge on any atom is -0.315 e. The standard InChI is InChI=1S/C13H23N3O2S/c1-12(2)14-8-5-6-10-19(17,18)16-11-13-7-3-4-9-15-13/h3-4,7,9,12,14,16H,5-6,8,10-11H2,1-2H3. The van der Waals surface area contributed by atoms with E-state index in [9.17, 15) is 8.42 Å². The van der Waals surface area contributed by atoms with Gasteiger partial charge in [0.1, 0.15) is 0 Å². The van der Waals surface area contributed by atoms with Crippen molar-refractivity contribution >= 4 is 10.0 Å². The zero-order valence-electron chi connectivity index (χ0n) is 11.6. The van der Waals surface area contributed by atoms with Crippen molar-refractivity contribution < 1.29 is 8.42 Å². The molecule has 0 aromatic carbocycles. The van der Waals surface area contributed by atoms with Crippen molar-refractivity contribution in [2.24, 2.45) is 0 Å². The van der Waals surface area contributed by atoms with E-state index >= 15 is 0 Å². The third-order valence-electron chi connectivity index (χ3n) is 2.59. The molecule has 1 heterocycles. The van der Waals surface area contributed by atoms with Gasteiger partial charge in [-0.25, -0.2) is 13.1 Å². The van der Waals surface area contributed by atoms with E-state index in [4.69, 9.17) is 0 Å². The molecule has 0 spiro atoms. The largest absolute Gasteiger partial charge is 0.315 e. The minimum atomic E-state index is -3.20. The summed E-state index contributed by atoms with van der Waals surface area (Å²) in [4.78, 5) is 4.07. The van der Waals surface area contributed by atoms with Gasteiger partial charge in [-0.1, -0.05) is 19.9 Å². The smallest absolute Gasteiger partial charge is 0.211 e. The number of hydrogen-bond donors (Lipinski definition) is 2. The second-order valence-corrected chi connectivity index (χ2v) is 6.70. The van der Waals surface area contributed by atoms with Crippen LogP contribution in [0.25, 0.3) is 0 Å². The molecule has 6 heteroatoms. The van der Waals surface area contributed by atoms with Gasteiger partial charge in [0.15, 0.2) is 0 Å². The number of aromatic nitrogens is 1. The first-order valence-corrected chi connectivity index (χ1v) is 8.25. The Morgan fingerprint density at radius 2 is 2.05 bits per heavy atom. The third-order valence-corrected chi connectivity index (χ3v) is 4.00. The lowest BCUT2D eigenvalue weighted by Crippen LogP contribution is -2.27. The minimum absolute atomic E-state index is 0.166. The molecule has 0 saturated carbocycles. The van der Waals surface area contributed by atoms with Gasteiger partial charge >= 0.3 is 0 Å². The maximum Gasteiger partial charge on any atom is 0.211 e. The molecule has 0 aliphatic heterocycles. The summed E-state index contributed by atoms with van der Waals surface area (Å²) in [5, 5.41) is 3.26. The average molecular weight is 285 g/mol. The fraction of sp³-hybridized carbons (Fsp3) is 0.615. The zero-order valence-corrected chi connectivity index (χ0v) is 12.4. The van der Waals surface area contributed by atoms with E-state index < -0.39 is 10.0 Å². The van der Waals surface area contributed by atoms with E-state index in [0.717, 1.165) is 18.7 Å². The molecule has 108 valence electrons. The SMILES string of the molecule is CC(C)NCCCCS(=O)(=O)NCc1ccccn1. The summed E-state index contributed by atoms with van der Waals surface area (Å²) in [5.41, 5.74) is 0.729. The van der Waals surface area contributed by atoms with Crippen LogP contribution in [0.3, 0.4) is 0 Å². The highest BCUT2D eigenvalue weighted by Gasteiger charge is 2.09. The number of unbranched alkanes of at least 4 members (excludes halogenated alkanes) is 1. The second kappa shape index (κ2) is 8.24. The highest BCUT2D eigenvalue weighted by atomic mass is 32.2. The molecule has 0 radical (unpaired) electrons. The van der Waals surface area contributed by atoms with Crippen LogP contribution in [0.15, 0.2) is 24.4 Å². The van der Waals surface area contributed by atoms with Crippen molar-refractivity contribution in [3.8, 4) is 0 Å². The van der Waals surface area contributed by atoms with E-state index in [0.29, 0.717) is 12.5 Å². The molecule has 2 N–H and O–H groups in total. The molecular weight excluding hydrogens is 262 g/mol. The first-order chi connectivity index (χ1) is 8.99. The van der Waals surface area contributed by atoms with Crippen molar-refractivity contribution in [2.45, 2.75) is 39.3 Å². The van der Waals surface area contributed by atoms with Crippen LogP contribution < -0.4 is 10.0 Å². The summed E-state index contributed by atoms with van der Waals surface area (Å²) in [6.07, 6.45) is 3.18. The van der Waals surface area contributed by atoms with E-state index in [1.165, 1.54) is 0 Å². The monoisotopic (exact) mass is 285 g/mol. The van der Waals surface area contributed by atoms with E-state index in [-0.39, 0.29) is 12.3 Å². The highest BCUT2D eigenvalue weighted by Crippen LogP contribution is 1.98. The van der Waals surface area contributed by atoms with Crippen LogP contribution in [0.1, 0.15) is 32.4 Å². The number of rotatable bonds is 9. The Kier molecular flexibility index (Phi) is 6.97. The predicted molar refractivity (Wildman–Crippen MR) is 77.2 cm³/mol. The summed E-state index contributed by atoms with van der Waals surface area (Å²) in [6.45, 7) is 5.26. The summed E-state index contributed by atoms with van der Waals surface area (Å²) < 4.78 is 26.0. The van der Waals surface area contributed by atoms with Crippen LogP contribution in [-0.2, 0) is 16.6 Å². The van der Waals surface area contributed by atoms with E-state index in [2.05, 4.69) is 28.9 Å². The Bertz CT molecular complexity index is 446. The molecule has 0 atom stereocenters. The van der Waals surface area contributed by atoms with Crippen molar-refractivity contribution in [2.75, 3.05) is 12.3 Å². The second-order valence-electron chi connectivity index (χ2n) is 4.78. The van der Waals surface area contributed by atoms with Crippen molar-refractivity contribution in [1.82, 2.24) is 15.0 Å². The summed E-state index contributed by atoms with van der Waals surface area (Å²) in [7, 11) is -3.20. The number of sulfonamides is 1. The van der Waals surface area contributed by atoms with Gasteiger partial charge in [-0.15, -0.1) is 0 Å². The summed E-state index contributed by atoms with van der Waals surface area (Å²) in [5.74, 6) is 0.166. The van der Waals surface area contributed by atoms with Gasteiger partial charge in [-0.2, -0.15) is 0 Å². The molecule has 0 bridgehead atoms. The van der Waals surface area contributed by atoms with Crippen LogP contribution in [0.5, 0.6) is 0 Å². The van der Waals surface area contributed by atoms with Crippen LogP contribution >= 0.6 is 0 Å². The Balaban J connectivity index is 2.21. The first-order valence-electron chi connectivity index (χ1n) is 6.60. The predicted octanol–water partition coefficient (Wildman–Crippen LogP) is 1.28. The topological polar surface area (TPSA) is 71.1 Å². The van der Waals surface area contributed by atoms with E-state index in [1.54, 1.807) is 18.3 Å². The van der Waals surface area contributed by atoms with Crippen molar-refractivity contribution in [3.05, 3.63) is 30.1 Å². The number of hydrogen-bond acceptors (Lipinski definition) is 4. The average Bonchev–Trinajstić information content (AvgIpc) is 2.37.